The van der Waals surface area contributed by atoms with Gasteiger partial charge in [0.1, 0.15) is 6.54 Å². The number of hydrogen-bond donors (Lipinski definition) is 1. The molecule has 8 nitrogen and oxygen atoms in total. The minimum absolute atomic E-state index is 0.353. The third-order valence-electron chi connectivity index (χ3n) is 3.26. The summed E-state index contributed by atoms with van der Waals surface area (Å²) in [5.74, 6) is 2.36. The van der Waals surface area contributed by atoms with Crippen LogP contribution in [-0.4, -0.2) is 25.1 Å². The molecule has 0 aliphatic heterocycles. The molecular formula is C12H12N6O2. The number of furan rings is 1. The Bertz CT molecular complexity index is 725. The fourth-order valence-electron chi connectivity index (χ4n) is 2.18. The number of aromatic nitrogens is 5. The largest absolute Gasteiger partial charge is 0.459 e. The summed E-state index contributed by atoms with van der Waals surface area (Å²) < 4.78 is 12.1. The van der Waals surface area contributed by atoms with Crippen LogP contribution in [0.2, 0.25) is 0 Å². The van der Waals surface area contributed by atoms with Crippen molar-refractivity contribution in [3.63, 3.8) is 0 Å². The van der Waals surface area contributed by atoms with E-state index >= 15 is 0 Å². The van der Waals surface area contributed by atoms with E-state index < -0.39 is 0 Å². The summed E-state index contributed by atoms with van der Waals surface area (Å²) in [6.45, 7) is 0.389. The molecule has 0 bridgehead atoms. The number of nitrogen functional groups attached to an aromatic ring is 1. The Labute approximate surface area is 113 Å². The van der Waals surface area contributed by atoms with Crippen LogP contribution >= 0.6 is 0 Å². The van der Waals surface area contributed by atoms with Gasteiger partial charge in [-0.05, 0) is 25.0 Å². The third-order valence-corrected chi connectivity index (χ3v) is 3.26. The summed E-state index contributed by atoms with van der Waals surface area (Å²) in [6, 6.07) is 3.53. The molecule has 0 amide bonds. The van der Waals surface area contributed by atoms with Gasteiger partial charge in [-0.1, -0.05) is 10.4 Å². The number of rotatable bonds is 4. The zero-order chi connectivity index (χ0) is 13.5. The van der Waals surface area contributed by atoms with Crippen LogP contribution < -0.4 is 5.73 Å². The lowest BCUT2D eigenvalue weighted by Crippen LogP contribution is -2.07. The molecule has 1 saturated carbocycles. The first-order valence-corrected chi connectivity index (χ1v) is 6.36. The van der Waals surface area contributed by atoms with Gasteiger partial charge in [-0.15, -0.1) is 5.10 Å². The second kappa shape index (κ2) is 4.19. The first kappa shape index (κ1) is 11.2. The molecule has 3 aromatic rings. The highest BCUT2D eigenvalue weighted by molar-refractivity contribution is 5.43. The summed E-state index contributed by atoms with van der Waals surface area (Å²) in [6.07, 6.45) is 3.81. The van der Waals surface area contributed by atoms with Crippen molar-refractivity contribution in [1.82, 2.24) is 25.1 Å². The monoisotopic (exact) mass is 272 g/mol. The van der Waals surface area contributed by atoms with Crippen LogP contribution in [0.15, 0.2) is 27.3 Å². The highest BCUT2D eigenvalue weighted by Crippen LogP contribution is 2.42. The van der Waals surface area contributed by atoms with Crippen molar-refractivity contribution in [3.05, 3.63) is 29.9 Å². The molecule has 102 valence electrons. The van der Waals surface area contributed by atoms with Crippen LogP contribution in [0, 0.1) is 0 Å². The molecule has 1 fully saturated rings. The van der Waals surface area contributed by atoms with E-state index in [0.29, 0.717) is 35.8 Å². The van der Waals surface area contributed by atoms with Gasteiger partial charge in [0.25, 0.3) is 5.89 Å². The van der Waals surface area contributed by atoms with E-state index in [1.165, 1.54) is 0 Å². The van der Waals surface area contributed by atoms with Crippen LogP contribution in [-0.2, 0) is 6.54 Å². The lowest BCUT2D eigenvalue weighted by Gasteiger charge is -2.01. The molecule has 0 aromatic carbocycles. The van der Waals surface area contributed by atoms with Crippen LogP contribution in [0.3, 0.4) is 0 Å². The quantitative estimate of drug-likeness (QED) is 0.765. The van der Waals surface area contributed by atoms with Crippen molar-refractivity contribution in [2.45, 2.75) is 25.3 Å². The first-order valence-electron chi connectivity index (χ1n) is 6.36. The number of anilines is 1. The highest BCUT2D eigenvalue weighted by Gasteiger charge is 2.31. The standard InChI is InChI=1S/C12H12N6O2/c13-11-10(7-3-4-7)18(17-15-11)6-9-14-12(20-16-9)8-2-1-5-19-8/h1-2,5,7H,3-4,6,13H2. The Morgan fingerprint density at radius 1 is 1.40 bits per heavy atom. The first-order chi connectivity index (χ1) is 9.81. The molecule has 0 radical (unpaired) electrons. The second-order valence-electron chi connectivity index (χ2n) is 4.78. The maximum absolute atomic E-state index is 5.84. The van der Waals surface area contributed by atoms with Crippen molar-refractivity contribution in [1.29, 1.82) is 0 Å². The van der Waals surface area contributed by atoms with E-state index in [9.17, 15) is 0 Å². The Morgan fingerprint density at radius 2 is 2.30 bits per heavy atom. The van der Waals surface area contributed by atoms with Crippen molar-refractivity contribution >= 4 is 5.82 Å². The van der Waals surface area contributed by atoms with Crippen LogP contribution in [0.5, 0.6) is 0 Å². The number of nitrogens with two attached hydrogens (primary N) is 1. The molecule has 0 saturated heterocycles. The summed E-state index contributed by atoms with van der Waals surface area (Å²) in [5, 5.41) is 11.9. The van der Waals surface area contributed by atoms with Crippen LogP contribution in [0.1, 0.15) is 30.3 Å². The zero-order valence-electron chi connectivity index (χ0n) is 10.6. The molecule has 20 heavy (non-hydrogen) atoms. The molecule has 4 rings (SSSR count). The van der Waals surface area contributed by atoms with E-state index in [4.69, 9.17) is 14.7 Å². The Balaban J connectivity index is 1.60. The Morgan fingerprint density at radius 3 is 3.05 bits per heavy atom. The van der Waals surface area contributed by atoms with Crippen molar-refractivity contribution in [3.8, 4) is 11.7 Å². The minimum Gasteiger partial charge on any atom is -0.459 e. The Hall–Kier alpha value is -2.64. The van der Waals surface area contributed by atoms with Gasteiger partial charge in [-0.25, -0.2) is 4.68 Å². The van der Waals surface area contributed by atoms with Crippen molar-refractivity contribution in [2.75, 3.05) is 5.73 Å². The van der Waals surface area contributed by atoms with Gasteiger partial charge in [0, 0.05) is 5.92 Å². The van der Waals surface area contributed by atoms with Gasteiger partial charge in [0.15, 0.2) is 17.4 Å². The van der Waals surface area contributed by atoms with Crippen molar-refractivity contribution < 1.29 is 8.94 Å². The fourth-order valence-corrected chi connectivity index (χ4v) is 2.18. The van der Waals surface area contributed by atoms with Crippen LogP contribution in [0.25, 0.3) is 11.7 Å². The average molecular weight is 272 g/mol. The maximum Gasteiger partial charge on any atom is 0.293 e. The average Bonchev–Trinajstić information content (AvgIpc) is 2.88. The zero-order valence-corrected chi connectivity index (χ0v) is 10.6. The third kappa shape index (κ3) is 1.85. The van der Waals surface area contributed by atoms with Gasteiger partial charge in [0.05, 0.1) is 12.0 Å². The Kier molecular flexibility index (Phi) is 2.35. The molecule has 8 heteroatoms. The summed E-state index contributed by atoms with van der Waals surface area (Å²) >= 11 is 0. The topological polar surface area (TPSA) is 109 Å². The van der Waals surface area contributed by atoms with E-state index in [1.54, 1.807) is 23.1 Å². The molecule has 1 aliphatic rings. The molecule has 0 atom stereocenters. The fraction of sp³-hybridized carbons (Fsp3) is 0.333. The minimum atomic E-state index is 0.353. The maximum atomic E-state index is 5.84. The highest BCUT2D eigenvalue weighted by atomic mass is 16.5. The smallest absolute Gasteiger partial charge is 0.293 e. The molecule has 3 aromatic heterocycles. The second-order valence-corrected chi connectivity index (χ2v) is 4.78. The molecule has 0 unspecified atom stereocenters. The van der Waals surface area contributed by atoms with Gasteiger partial charge < -0.3 is 14.7 Å². The summed E-state index contributed by atoms with van der Waals surface area (Å²) in [7, 11) is 0. The van der Waals surface area contributed by atoms with E-state index in [-0.39, 0.29) is 0 Å². The normalized spacial score (nSPS) is 14.8. The SMILES string of the molecule is Nc1nnn(Cc2noc(-c3ccco3)n2)c1C1CC1. The van der Waals surface area contributed by atoms with Gasteiger partial charge in [-0.3, -0.25) is 0 Å². The number of nitrogens with zero attached hydrogens (tertiary/aromatic N) is 5. The molecular weight excluding hydrogens is 260 g/mol. The van der Waals surface area contributed by atoms with E-state index in [1.807, 2.05) is 0 Å². The molecule has 3 heterocycles. The lowest BCUT2D eigenvalue weighted by atomic mass is 10.3. The number of hydrogen-bond acceptors (Lipinski definition) is 7. The molecule has 2 N–H and O–H groups in total. The van der Waals surface area contributed by atoms with Gasteiger partial charge >= 0.3 is 0 Å². The summed E-state index contributed by atoms with van der Waals surface area (Å²) in [4.78, 5) is 4.28. The van der Waals surface area contributed by atoms with Crippen molar-refractivity contribution in [2.24, 2.45) is 0 Å². The van der Waals surface area contributed by atoms with E-state index in [2.05, 4.69) is 20.5 Å². The van der Waals surface area contributed by atoms with Crippen LogP contribution in [0.4, 0.5) is 5.82 Å². The predicted molar refractivity (Wildman–Crippen MR) is 67.5 cm³/mol. The van der Waals surface area contributed by atoms with Gasteiger partial charge in [0.2, 0.25) is 0 Å². The molecule has 0 spiro atoms. The van der Waals surface area contributed by atoms with Gasteiger partial charge in [-0.2, -0.15) is 4.98 Å². The van der Waals surface area contributed by atoms with E-state index in [0.717, 1.165) is 18.5 Å². The molecule has 1 aliphatic carbocycles. The summed E-state index contributed by atoms with van der Waals surface area (Å²) in [5.41, 5.74) is 6.81. The lowest BCUT2D eigenvalue weighted by molar-refractivity contribution is 0.405. The predicted octanol–water partition coefficient (Wildman–Crippen LogP) is 1.43.